The van der Waals surface area contributed by atoms with E-state index in [0.29, 0.717) is 0 Å². The van der Waals surface area contributed by atoms with E-state index in [1.165, 1.54) is 0 Å². The number of hydrogen-bond donors (Lipinski definition) is 1. The normalized spacial score (nSPS) is 19.7. The van der Waals surface area contributed by atoms with E-state index < -0.39 is 0 Å². The van der Waals surface area contributed by atoms with Crippen molar-refractivity contribution in [2.24, 2.45) is 0 Å². The van der Waals surface area contributed by atoms with Crippen LogP contribution in [0.5, 0.6) is 0 Å². The molecular formula is C9H14N2O. The Morgan fingerprint density at radius 2 is 2.58 bits per heavy atom. The van der Waals surface area contributed by atoms with Gasteiger partial charge in [0.25, 0.3) is 0 Å². The molecule has 0 aliphatic carbocycles. The molecule has 1 aliphatic rings. The molecule has 1 saturated heterocycles. The van der Waals surface area contributed by atoms with Gasteiger partial charge in [-0.05, 0) is 12.8 Å². The molecule has 0 bridgehead atoms. The third kappa shape index (κ3) is 1.70. The number of terminal acetylenes is 1. The summed E-state index contributed by atoms with van der Waals surface area (Å²) in [7, 11) is 0. The van der Waals surface area contributed by atoms with Gasteiger partial charge in [-0.2, -0.15) is 0 Å². The molecule has 66 valence electrons. The third-order valence-electron chi connectivity index (χ3n) is 2.07. The minimum Gasteiger partial charge on any atom is -0.338 e. The average Bonchev–Trinajstić information content (AvgIpc) is 2.10. The molecule has 3 heteroatoms. The van der Waals surface area contributed by atoms with Crippen LogP contribution in [0.1, 0.15) is 19.8 Å². The fourth-order valence-electron chi connectivity index (χ4n) is 1.37. The molecule has 1 unspecified atom stereocenters. The van der Waals surface area contributed by atoms with E-state index in [1.807, 2.05) is 6.92 Å². The summed E-state index contributed by atoms with van der Waals surface area (Å²) in [5, 5.41) is 2.77. The Kier molecular flexibility index (Phi) is 2.98. The van der Waals surface area contributed by atoms with Gasteiger partial charge >= 0.3 is 6.03 Å². The lowest BCUT2D eigenvalue weighted by Gasteiger charge is -2.31. The number of carbonyl (C=O) groups excluding carboxylic acids is 1. The van der Waals surface area contributed by atoms with Crippen molar-refractivity contribution in [2.75, 3.05) is 13.1 Å². The molecule has 2 amide bonds. The van der Waals surface area contributed by atoms with Gasteiger partial charge in [-0.25, -0.2) is 4.79 Å². The van der Waals surface area contributed by atoms with Crippen LogP contribution in [0.4, 0.5) is 4.79 Å². The van der Waals surface area contributed by atoms with Gasteiger partial charge in [0, 0.05) is 13.1 Å². The zero-order valence-electron chi connectivity index (χ0n) is 7.34. The van der Waals surface area contributed by atoms with E-state index in [2.05, 4.69) is 11.2 Å². The molecular weight excluding hydrogens is 152 g/mol. The minimum atomic E-state index is -0.0368. The molecule has 0 radical (unpaired) electrons. The van der Waals surface area contributed by atoms with Gasteiger partial charge in [-0.15, -0.1) is 6.42 Å². The van der Waals surface area contributed by atoms with E-state index in [1.54, 1.807) is 4.90 Å². The molecule has 0 aromatic carbocycles. The van der Waals surface area contributed by atoms with Crippen LogP contribution < -0.4 is 5.32 Å². The first-order valence-corrected chi connectivity index (χ1v) is 4.30. The topological polar surface area (TPSA) is 32.3 Å². The summed E-state index contributed by atoms with van der Waals surface area (Å²) < 4.78 is 0. The van der Waals surface area contributed by atoms with Gasteiger partial charge in [0.15, 0.2) is 0 Å². The monoisotopic (exact) mass is 166 g/mol. The molecule has 1 atom stereocenters. The maximum absolute atomic E-state index is 11.3. The van der Waals surface area contributed by atoms with Crippen molar-refractivity contribution in [3.8, 4) is 12.3 Å². The Morgan fingerprint density at radius 1 is 1.83 bits per heavy atom. The lowest BCUT2D eigenvalue weighted by atomic mass is 10.2. The second-order valence-electron chi connectivity index (χ2n) is 2.87. The number of rotatable bonds is 2. The van der Waals surface area contributed by atoms with Gasteiger partial charge in [0.2, 0.25) is 0 Å². The summed E-state index contributed by atoms with van der Waals surface area (Å²) >= 11 is 0. The first kappa shape index (κ1) is 8.92. The largest absolute Gasteiger partial charge is 0.338 e. The average molecular weight is 166 g/mol. The summed E-state index contributed by atoms with van der Waals surface area (Å²) in [6.45, 7) is 3.55. The van der Waals surface area contributed by atoms with E-state index in [0.717, 1.165) is 25.9 Å². The van der Waals surface area contributed by atoms with Crippen LogP contribution in [0.15, 0.2) is 0 Å². The molecule has 1 aliphatic heterocycles. The van der Waals surface area contributed by atoms with Crippen LogP contribution in [0.2, 0.25) is 0 Å². The predicted octanol–water partition coefficient (Wildman–Crippen LogP) is 0.814. The second-order valence-corrected chi connectivity index (χ2v) is 2.87. The van der Waals surface area contributed by atoms with Gasteiger partial charge in [-0.1, -0.05) is 12.8 Å². The molecule has 0 spiro atoms. The zero-order valence-corrected chi connectivity index (χ0v) is 7.34. The smallest absolute Gasteiger partial charge is 0.318 e. The van der Waals surface area contributed by atoms with Crippen molar-refractivity contribution in [2.45, 2.75) is 25.8 Å². The SMILES string of the molecule is C#CC(CC)N1CCCNC1=O. The van der Waals surface area contributed by atoms with Crippen LogP contribution >= 0.6 is 0 Å². The quantitative estimate of drug-likeness (QED) is 0.605. The Balaban J connectivity index is 2.59. The maximum atomic E-state index is 11.3. The van der Waals surface area contributed by atoms with E-state index in [-0.39, 0.29) is 12.1 Å². The van der Waals surface area contributed by atoms with Crippen molar-refractivity contribution in [1.29, 1.82) is 0 Å². The van der Waals surface area contributed by atoms with Crippen molar-refractivity contribution in [3.63, 3.8) is 0 Å². The van der Waals surface area contributed by atoms with Crippen molar-refractivity contribution in [1.82, 2.24) is 10.2 Å². The van der Waals surface area contributed by atoms with Crippen LogP contribution in [0.25, 0.3) is 0 Å². The Morgan fingerprint density at radius 3 is 3.08 bits per heavy atom. The minimum absolute atomic E-state index is 0.0222. The Hall–Kier alpha value is -1.17. The van der Waals surface area contributed by atoms with Crippen LogP contribution in [0, 0.1) is 12.3 Å². The summed E-state index contributed by atoms with van der Waals surface area (Å²) in [5.41, 5.74) is 0. The number of nitrogens with zero attached hydrogens (tertiary/aromatic N) is 1. The molecule has 1 fully saturated rings. The number of carbonyl (C=O) groups is 1. The number of hydrogen-bond acceptors (Lipinski definition) is 1. The predicted molar refractivity (Wildman–Crippen MR) is 47.6 cm³/mol. The molecule has 0 aromatic rings. The highest BCUT2D eigenvalue weighted by molar-refractivity contribution is 5.75. The van der Waals surface area contributed by atoms with Crippen molar-refractivity contribution < 1.29 is 4.79 Å². The molecule has 3 nitrogen and oxygen atoms in total. The third-order valence-corrected chi connectivity index (χ3v) is 2.07. The van der Waals surface area contributed by atoms with Crippen molar-refractivity contribution >= 4 is 6.03 Å². The summed E-state index contributed by atoms with van der Waals surface area (Å²) in [5.74, 6) is 2.62. The lowest BCUT2D eigenvalue weighted by Crippen LogP contribution is -2.50. The van der Waals surface area contributed by atoms with Gasteiger partial charge in [-0.3, -0.25) is 0 Å². The molecule has 0 aromatic heterocycles. The molecule has 1 N–H and O–H groups in total. The van der Waals surface area contributed by atoms with Crippen molar-refractivity contribution in [3.05, 3.63) is 0 Å². The highest BCUT2D eigenvalue weighted by Gasteiger charge is 2.22. The first-order valence-electron chi connectivity index (χ1n) is 4.30. The van der Waals surface area contributed by atoms with Crippen LogP contribution in [-0.2, 0) is 0 Å². The summed E-state index contributed by atoms with van der Waals surface area (Å²) in [4.78, 5) is 13.0. The molecule has 1 heterocycles. The first-order chi connectivity index (χ1) is 5.79. The van der Waals surface area contributed by atoms with Gasteiger partial charge in [0.1, 0.15) is 0 Å². The Bertz CT molecular complexity index is 207. The fraction of sp³-hybridized carbons (Fsp3) is 0.667. The highest BCUT2D eigenvalue weighted by Crippen LogP contribution is 2.07. The van der Waals surface area contributed by atoms with Crippen LogP contribution in [0.3, 0.4) is 0 Å². The number of urea groups is 1. The molecule has 0 saturated carbocycles. The highest BCUT2D eigenvalue weighted by atomic mass is 16.2. The summed E-state index contributed by atoms with van der Waals surface area (Å²) in [6, 6.07) is -0.0589. The standard InChI is InChI=1S/C9H14N2O/c1-3-8(4-2)11-7-5-6-10-9(11)12/h1,8H,4-7H2,2H3,(H,10,12). The number of nitrogens with one attached hydrogen (secondary N) is 1. The Labute approximate surface area is 73.1 Å². The summed E-state index contributed by atoms with van der Waals surface area (Å²) in [6.07, 6.45) is 7.12. The number of amides is 2. The van der Waals surface area contributed by atoms with E-state index in [4.69, 9.17) is 6.42 Å². The molecule has 12 heavy (non-hydrogen) atoms. The fourth-order valence-corrected chi connectivity index (χ4v) is 1.37. The van der Waals surface area contributed by atoms with E-state index >= 15 is 0 Å². The zero-order chi connectivity index (χ0) is 8.97. The van der Waals surface area contributed by atoms with Gasteiger partial charge < -0.3 is 10.2 Å². The lowest BCUT2D eigenvalue weighted by molar-refractivity contribution is 0.174. The maximum Gasteiger partial charge on any atom is 0.318 e. The molecule has 1 rings (SSSR count). The van der Waals surface area contributed by atoms with E-state index in [9.17, 15) is 4.79 Å². The second kappa shape index (κ2) is 4.01. The van der Waals surface area contributed by atoms with Gasteiger partial charge in [0.05, 0.1) is 6.04 Å². The van der Waals surface area contributed by atoms with Crippen LogP contribution in [-0.4, -0.2) is 30.1 Å².